The fourth-order valence-corrected chi connectivity index (χ4v) is 3.66. The zero-order chi connectivity index (χ0) is 19.8. The van der Waals surface area contributed by atoms with Crippen LogP contribution in [0.25, 0.3) is 5.57 Å². The molecule has 0 unspecified atom stereocenters. The third-order valence-electron chi connectivity index (χ3n) is 4.35. The maximum atomic E-state index is 11.8. The van der Waals surface area contributed by atoms with E-state index in [1.54, 1.807) is 50.3 Å². The fourth-order valence-electron chi connectivity index (χ4n) is 2.98. The summed E-state index contributed by atoms with van der Waals surface area (Å²) in [5.74, 6) is -0.289. The molecule has 0 saturated heterocycles. The summed E-state index contributed by atoms with van der Waals surface area (Å²) in [6.45, 7) is 3.32. The number of aryl methyl sites for hydroxylation is 1. The Morgan fingerprint density at radius 3 is 2.29 bits per heavy atom. The molecule has 2 aromatic carbocycles. The molecule has 1 aliphatic carbocycles. The second-order valence-electron chi connectivity index (χ2n) is 6.29. The van der Waals surface area contributed by atoms with Gasteiger partial charge in [0, 0.05) is 5.56 Å². The Balaban J connectivity index is 0.00000280. The first-order valence-corrected chi connectivity index (χ1v) is 9.57. The number of rotatable bonds is 3. The van der Waals surface area contributed by atoms with Crippen molar-refractivity contribution < 1.29 is 52.4 Å². The van der Waals surface area contributed by atoms with E-state index in [0.717, 1.165) is 0 Å². The van der Waals surface area contributed by atoms with Crippen molar-refractivity contribution >= 4 is 21.5 Å². The van der Waals surface area contributed by atoms with Crippen LogP contribution in [0.15, 0.2) is 76.7 Å². The molecule has 3 rings (SSSR count). The SMILES string of the molecule is CC1=C/C(=C(/c2ccc([O-])c(C)c2)c2ccccc2S(=O)(=O)[O-])C=CC1=O.[Na+]. The molecule has 1 aliphatic rings. The molecule has 0 fully saturated rings. The molecule has 0 spiro atoms. The summed E-state index contributed by atoms with van der Waals surface area (Å²) in [6, 6.07) is 10.5. The number of hydrogen-bond acceptors (Lipinski definition) is 5. The summed E-state index contributed by atoms with van der Waals surface area (Å²) in [4.78, 5) is 11.4. The van der Waals surface area contributed by atoms with E-state index in [2.05, 4.69) is 0 Å². The molecule has 0 radical (unpaired) electrons. The van der Waals surface area contributed by atoms with Gasteiger partial charge in [0.1, 0.15) is 10.1 Å². The van der Waals surface area contributed by atoms with E-state index in [9.17, 15) is 22.9 Å². The van der Waals surface area contributed by atoms with Gasteiger partial charge in [-0.3, -0.25) is 4.79 Å². The molecule has 0 aromatic heterocycles. The number of ketones is 1. The molecule has 2 aromatic rings. The van der Waals surface area contributed by atoms with Crippen LogP contribution in [0.1, 0.15) is 23.6 Å². The van der Waals surface area contributed by atoms with E-state index in [0.29, 0.717) is 27.8 Å². The largest absolute Gasteiger partial charge is 1.00 e. The minimum absolute atomic E-state index is 0. The molecule has 0 heterocycles. The van der Waals surface area contributed by atoms with E-state index >= 15 is 0 Å². The summed E-state index contributed by atoms with van der Waals surface area (Å²) < 4.78 is 35.4. The Hall–Kier alpha value is -1.96. The van der Waals surface area contributed by atoms with Gasteiger partial charge in [-0.25, -0.2) is 8.42 Å². The molecule has 0 atom stereocenters. The smallest absolute Gasteiger partial charge is 0.872 e. The average Bonchev–Trinajstić information content (AvgIpc) is 2.61. The third kappa shape index (κ3) is 4.54. The van der Waals surface area contributed by atoms with Crippen molar-refractivity contribution in [2.45, 2.75) is 18.7 Å². The van der Waals surface area contributed by atoms with E-state index in [1.807, 2.05) is 0 Å². The molecule has 28 heavy (non-hydrogen) atoms. The van der Waals surface area contributed by atoms with Crippen LogP contribution in [0.2, 0.25) is 0 Å². The molecule has 0 aliphatic heterocycles. The number of benzene rings is 2. The average molecular weight is 403 g/mol. The minimum Gasteiger partial charge on any atom is -0.872 e. The topological polar surface area (TPSA) is 97.3 Å². The van der Waals surface area contributed by atoms with Gasteiger partial charge in [0.05, 0.1) is 4.90 Å². The van der Waals surface area contributed by atoms with Crippen LogP contribution in [0, 0.1) is 6.92 Å². The maximum Gasteiger partial charge on any atom is 1.00 e. The van der Waals surface area contributed by atoms with Gasteiger partial charge in [-0.1, -0.05) is 48.0 Å². The van der Waals surface area contributed by atoms with Crippen LogP contribution in [0.4, 0.5) is 0 Å². The predicted molar refractivity (Wildman–Crippen MR) is 99.0 cm³/mol. The van der Waals surface area contributed by atoms with Gasteiger partial charge < -0.3 is 9.66 Å². The molecule has 0 N–H and O–H groups in total. The van der Waals surface area contributed by atoms with Crippen molar-refractivity contribution in [1.29, 1.82) is 0 Å². The molecule has 0 saturated carbocycles. The Kier molecular flexibility index (Phi) is 6.85. The van der Waals surface area contributed by atoms with Crippen LogP contribution in [0.5, 0.6) is 5.75 Å². The fraction of sp³-hybridized carbons (Fsp3) is 0.0952. The minimum atomic E-state index is -4.73. The van der Waals surface area contributed by atoms with Gasteiger partial charge in [0.25, 0.3) is 0 Å². The van der Waals surface area contributed by atoms with Crippen LogP contribution < -0.4 is 34.7 Å². The summed E-state index contributed by atoms with van der Waals surface area (Å²) in [5.41, 5.74) is 2.84. The van der Waals surface area contributed by atoms with Crippen molar-refractivity contribution in [2.24, 2.45) is 0 Å². The Labute approximate surface area is 186 Å². The molecular weight excluding hydrogens is 387 g/mol. The Morgan fingerprint density at radius 2 is 1.68 bits per heavy atom. The van der Waals surface area contributed by atoms with Crippen LogP contribution in [-0.4, -0.2) is 18.8 Å². The number of allylic oxidation sites excluding steroid dienone is 5. The Morgan fingerprint density at radius 1 is 1.00 bits per heavy atom. The molecule has 7 heteroatoms. The van der Waals surface area contributed by atoms with Gasteiger partial charge in [-0.2, -0.15) is 0 Å². The Bertz CT molecular complexity index is 1140. The van der Waals surface area contributed by atoms with Gasteiger partial charge in [0.15, 0.2) is 5.78 Å². The molecule has 0 bridgehead atoms. The second kappa shape index (κ2) is 8.59. The standard InChI is InChI=1S/C21H18O5S.Na/c1-13-11-15(7-9-18(13)22)21(16-8-10-19(23)14(2)12-16)17-5-3-4-6-20(17)27(24,25)26;/h3-12,22H,1-2H3,(H,24,25,26);/q;+1/p-2/b21-16-;. The molecule has 138 valence electrons. The van der Waals surface area contributed by atoms with E-state index in [4.69, 9.17) is 0 Å². The summed E-state index contributed by atoms with van der Waals surface area (Å²) in [5, 5.41) is 11.8. The predicted octanol–water partition coefficient (Wildman–Crippen LogP) is -0.136. The van der Waals surface area contributed by atoms with Gasteiger partial charge >= 0.3 is 29.6 Å². The maximum absolute atomic E-state index is 11.8. The van der Waals surface area contributed by atoms with Crippen molar-refractivity contribution in [3.8, 4) is 5.75 Å². The van der Waals surface area contributed by atoms with Crippen molar-refractivity contribution in [3.63, 3.8) is 0 Å². The van der Waals surface area contributed by atoms with Gasteiger partial charge in [-0.05, 0) is 54.3 Å². The van der Waals surface area contributed by atoms with Crippen molar-refractivity contribution in [2.75, 3.05) is 0 Å². The van der Waals surface area contributed by atoms with E-state index in [-0.39, 0.29) is 51.5 Å². The van der Waals surface area contributed by atoms with Crippen molar-refractivity contribution in [3.05, 3.63) is 88.5 Å². The normalized spacial score (nSPS) is 15.7. The molecule has 5 nitrogen and oxygen atoms in total. The third-order valence-corrected chi connectivity index (χ3v) is 5.25. The summed E-state index contributed by atoms with van der Waals surface area (Å²) in [6.07, 6.45) is 4.62. The van der Waals surface area contributed by atoms with Crippen LogP contribution in [-0.2, 0) is 14.9 Å². The number of carbonyl (C=O) groups is 1. The zero-order valence-electron chi connectivity index (χ0n) is 15.7. The zero-order valence-corrected chi connectivity index (χ0v) is 18.5. The summed E-state index contributed by atoms with van der Waals surface area (Å²) >= 11 is 0. The first-order chi connectivity index (χ1) is 12.7. The second-order valence-corrected chi connectivity index (χ2v) is 7.63. The number of hydrogen-bond donors (Lipinski definition) is 0. The van der Waals surface area contributed by atoms with Crippen LogP contribution >= 0.6 is 0 Å². The first-order valence-electron chi connectivity index (χ1n) is 8.17. The van der Waals surface area contributed by atoms with Crippen LogP contribution in [0.3, 0.4) is 0 Å². The van der Waals surface area contributed by atoms with Gasteiger partial charge in [0.2, 0.25) is 0 Å². The summed E-state index contributed by atoms with van der Waals surface area (Å²) in [7, 11) is -4.73. The van der Waals surface area contributed by atoms with E-state index in [1.165, 1.54) is 24.3 Å². The van der Waals surface area contributed by atoms with E-state index < -0.39 is 10.1 Å². The first kappa shape index (κ1) is 22.3. The molecular formula is C21H16NaO5S-. The molecule has 0 amide bonds. The number of carbonyl (C=O) groups excluding carboxylic acids is 1. The monoisotopic (exact) mass is 403 g/mol. The quantitative estimate of drug-likeness (QED) is 0.525. The van der Waals surface area contributed by atoms with Crippen molar-refractivity contribution in [1.82, 2.24) is 0 Å². The van der Waals surface area contributed by atoms with Gasteiger partial charge in [-0.15, -0.1) is 5.75 Å².